The molecule has 2 aromatic carbocycles. The van der Waals surface area contributed by atoms with Crippen molar-refractivity contribution in [1.82, 2.24) is 24.1 Å². The highest BCUT2D eigenvalue weighted by Gasteiger charge is 2.36. The maximum atomic E-state index is 14.6. The number of piperazine rings is 1. The maximum Gasteiger partial charge on any atom is 0.255 e. The van der Waals surface area contributed by atoms with Crippen LogP contribution in [0.4, 0.5) is 8.78 Å². The molecule has 40 heavy (non-hydrogen) atoms. The van der Waals surface area contributed by atoms with Crippen molar-refractivity contribution in [3.63, 3.8) is 0 Å². The number of amides is 1. The fourth-order valence-corrected chi connectivity index (χ4v) is 7.38. The number of nitrogens with one attached hydrogen (secondary N) is 1. The Morgan fingerprint density at radius 3 is 2.42 bits per heavy atom. The second kappa shape index (κ2) is 11.4. The second-order valence-corrected chi connectivity index (χ2v) is 12.5. The van der Waals surface area contributed by atoms with E-state index in [1.165, 1.54) is 23.5 Å². The van der Waals surface area contributed by atoms with E-state index in [2.05, 4.69) is 10.3 Å². The zero-order valence-electron chi connectivity index (χ0n) is 22.2. The largest absolute Gasteiger partial charge is 0.494 e. The molecule has 1 N–H and O–H groups in total. The van der Waals surface area contributed by atoms with Gasteiger partial charge in [-0.25, -0.2) is 17.8 Å². The Labute approximate surface area is 236 Å². The number of methoxy groups -OCH3 is 1. The molecule has 2 fully saturated rings. The van der Waals surface area contributed by atoms with Crippen molar-refractivity contribution in [2.24, 2.45) is 0 Å². The first-order valence-corrected chi connectivity index (χ1v) is 14.9. The number of piperidine rings is 1. The van der Waals surface area contributed by atoms with Gasteiger partial charge in [0.25, 0.3) is 5.91 Å². The Hall–Kier alpha value is -3.06. The predicted octanol–water partition coefficient (Wildman–Crippen LogP) is 3.63. The molecule has 0 radical (unpaired) electrons. The first kappa shape index (κ1) is 28.5. The van der Waals surface area contributed by atoms with E-state index in [1.54, 1.807) is 40.8 Å². The van der Waals surface area contributed by atoms with Gasteiger partial charge in [-0.3, -0.25) is 4.79 Å². The van der Waals surface area contributed by atoms with Crippen molar-refractivity contribution in [3.05, 3.63) is 64.6 Å². The second-order valence-electron chi connectivity index (χ2n) is 9.84. The lowest BCUT2D eigenvalue weighted by molar-refractivity contribution is 0.0697. The van der Waals surface area contributed by atoms with E-state index in [-0.39, 0.29) is 59.4 Å². The van der Waals surface area contributed by atoms with E-state index in [9.17, 15) is 22.0 Å². The highest BCUT2D eigenvalue weighted by atomic mass is 35.5. The number of halogens is 3. The molecule has 3 aromatic rings. The minimum atomic E-state index is -3.40. The highest BCUT2D eigenvalue weighted by Crippen LogP contribution is 2.31. The number of nitrogens with zero attached hydrogens (tertiary/aromatic N) is 4. The molecule has 0 atom stereocenters. The number of carbonyl (C=O) groups excluding carboxylic acids is 1. The van der Waals surface area contributed by atoms with Crippen LogP contribution in [0, 0.1) is 18.6 Å². The molecule has 0 saturated carbocycles. The van der Waals surface area contributed by atoms with Crippen molar-refractivity contribution in [2.45, 2.75) is 25.0 Å². The molecule has 214 valence electrons. The van der Waals surface area contributed by atoms with Gasteiger partial charge in [-0.05, 0) is 63.2 Å². The molecule has 0 unspecified atom stereocenters. The summed E-state index contributed by atoms with van der Waals surface area (Å²) in [5.41, 5.74) is 1.09. The van der Waals surface area contributed by atoms with Gasteiger partial charge in [0.05, 0.1) is 28.6 Å². The Morgan fingerprint density at radius 1 is 1.07 bits per heavy atom. The van der Waals surface area contributed by atoms with Crippen LogP contribution in [-0.2, 0) is 10.0 Å². The molecule has 3 heterocycles. The molecule has 5 rings (SSSR count). The number of sulfonamides is 1. The molecule has 0 bridgehead atoms. The summed E-state index contributed by atoms with van der Waals surface area (Å²) < 4.78 is 62.9. The van der Waals surface area contributed by atoms with Crippen LogP contribution in [0.2, 0.25) is 5.02 Å². The van der Waals surface area contributed by atoms with E-state index in [0.717, 1.165) is 0 Å². The van der Waals surface area contributed by atoms with E-state index in [1.807, 2.05) is 0 Å². The average Bonchev–Trinajstić information content (AvgIpc) is 3.35. The Kier molecular flexibility index (Phi) is 8.14. The monoisotopic (exact) mass is 593 g/mol. The Morgan fingerprint density at radius 2 is 1.77 bits per heavy atom. The topological polar surface area (TPSA) is 96.8 Å². The molecular weight excluding hydrogens is 564 g/mol. The van der Waals surface area contributed by atoms with Gasteiger partial charge in [0.2, 0.25) is 15.8 Å². The van der Waals surface area contributed by atoms with Gasteiger partial charge < -0.3 is 19.5 Å². The SMILES string of the molecule is COc1ccc(-c2cn(-c3ccc(C(=O)N4CCN(S(=O)(=O)C5CCNCC5)CC4)c(Cl)c3)c(C)n2)c(F)c1F. The molecule has 1 amide bonds. The van der Waals surface area contributed by atoms with E-state index >= 15 is 0 Å². The quantitative estimate of drug-likeness (QED) is 0.469. The fraction of sp³-hybridized carbons (Fsp3) is 0.407. The number of ether oxygens (including phenoxy) is 1. The molecule has 1 aromatic heterocycles. The maximum absolute atomic E-state index is 14.6. The van der Waals surface area contributed by atoms with Crippen LogP contribution in [0.15, 0.2) is 36.5 Å². The summed E-state index contributed by atoms with van der Waals surface area (Å²) in [4.78, 5) is 19.2. The lowest BCUT2D eigenvalue weighted by atomic mass is 10.1. The zero-order chi connectivity index (χ0) is 28.6. The number of hydrogen-bond donors (Lipinski definition) is 1. The summed E-state index contributed by atoms with van der Waals surface area (Å²) in [5.74, 6) is -2.13. The number of hydrogen-bond acceptors (Lipinski definition) is 6. The van der Waals surface area contributed by atoms with E-state index < -0.39 is 21.7 Å². The van der Waals surface area contributed by atoms with Crippen LogP contribution in [-0.4, -0.2) is 84.7 Å². The number of aryl methyl sites for hydroxylation is 1. The lowest BCUT2D eigenvalue weighted by Crippen LogP contribution is -2.53. The van der Waals surface area contributed by atoms with Crippen molar-refractivity contribution >= 4 is 27.5 Å². The number of rotatable bonds is 6. The number of benzene rings is 2. The van der Waals surface area contributed by atoms with Gasteiger partial charge in [0, 0.05) is 43.6 Å². The smallest absolute Gasteiger partial charge is 0.255 e. The van der Waals surface area contributed by atoms with Gasteiger partial charge in [-0.2, -0.15) is 8.70 Å². The Balaban J connectivity index is 1.30. The predicted molar refractivity (Wildman–Crippen MR) is 148 cm³/mol. The fourth-order valence-electron chi connectivity index (χ4n) is 5.20. The van der Waals surface area contributed by atoms with Crippen LogP contribution in [0.5, 0.6) is 5.75 Å². The normalized spacial score (nSPS) is 17.3. The van der Waals surface area contributed by atoms with Crippen molar-refractivity contribution in [2.75, 3.05) is 46.4 Å². The third-order valence-corrected chi connectivity index (χ3v) is 10.2. The van der Waals surface area contributed by atoms with Gasteiger partial charge in [-0.1, -0.05) is 11.6 Å². The first-order chi connectivity index (χ1) is 19.1. The van der Waals surface area contributed by atoms with Crippen molar-refractivity contribution in [3.8, 4) is 22.7 Å². The molecule has 9 nitrogen and oxygen atoms in total. The molecular formula is C27H30ClF2N5O4S. The standard InChI is InChI=1S/C27H30ClF2N5O4S/c1-17-32-23(21-5-6-24(39-2)26(30)25(21)29)16-35(17)18-3-4-20(22(28)15-18)27(36)33-11-13-34(14-12-33)40(37,38)19-7-9-31-10-8-19/h3-6,15-16,19,31H,7-14H2,1-2H3. The van der Waals surface area contributed by atoms with Gasteiger partial charge in [0.1, 0.15) is 5.82 Å². The van der Waals surface area contributed by atoms with Crippen LogP contribution in [0.3, 0.4) is 0 Å². The van der Waals surface area contributed by atoms with Crippen LogP contribution in [0.25, 0.3) is 16.9 Å². The van der Waals surface area contributed by atoms with Crippen LogP contribution >= 0.6 is 11.6 Å². The molecule has 2 aliphatic heterocycles. The number of carbonyl (C=O) groups is 1. The number of aromatic nitrogens is 2. The van der Waals surface area contributed by atoms with Gasteiger partial charge in [-0.15, -0.1) is 0 Å². The summed E-state index contributed by atoms with van der Waals surface area (Å²) in [6.45, 7) is 4.12. The Bertz CT molecular complexity index is 1530. The van der Waals surface area contributed by atoms with Crippen molar-refractivity contribution < 1.29 is 26.7 Å². The van der Waals surface area contributed by atoms with Gasteiger partial charge >= 0.3 is 0 Å². The van der Waals surface area contributed by atoms with E-state index in [4.69, 9.17) is 16.3 Å². The summed E-state index contributed by atoms with van der Waals surface area (Å²) in [5, 5.41) is 3.01. The molecule has 0 spiro atoms. The van der Waals surface area contributed by atoms with E-state index in [0.29, 0.717) is 43.0 Å². The minimum Gasteiger partial charge on any atom is -0.494 e. The minimum absolute atomic E-state index is 0.0145. The summed E-state index contributed by atoms with van der Waals surface area (Å²) >= 11 is 6.53. The third-order valence-electron chi connectivity index (χ3n) is 7.48. The molecule has 2 saturated heterocycles. The first-order valence-electron chi connectivity index (χ1n) is 13.0. The molecule has 2 aliphatic rings. The van der Waals surface area contributed by atoms with Gasteiger partial charge in [0.15, 0.2) is 11.6 Å². The molecule has 13 heteroatoms. The zero-order valence-corrected chi connectivity index (χ0v) is 23.7. The third kappa shape index (κ3) is 5.32. The van der Waals surface area contributed by atoms with Crippen molar-refractivity contribution in [1.29, 1.82) is 0 Å². The highest BCUT2D eigenvalue weighted by molar-refractivity contribution is 7.89. The molecule has 0 aliphatic carbocycles. The summed E-state index contributed by atoms with van der Waals surface area (Å²) in [6.07, 6.45) is 2.75. The van der Waals surface area contributed by atoms with Crippen LogP contribution < -0.4 is 10.1 Å². The summed E-state index contributed by atoms with van der Waals surface area (Å²) in [6, 6.07) is 7.64. The average molecular weight is 594 g/mol. The number of imidazole rings is 1. The summed E-state index contributed by atoms with van der Waals surface area (Å²) in [7, 11) is -2.15. The van der Waals surface area contributed by atoms with Crippen LogP contribution in [0.1, 0.15) is 29.0 Å². The lowest BCUT2D eigenvalue weighted by Gasteiger charge is -2.36.